The maximum absolute atomic E-state index is 13.6. The smallest absolute Gasteiger partial charge is 0.256 e. The Hall–Kier alpha value is -1.45. The second kappa shape index (κ2) is 5.90. The Kier molecular flexibility index (Phi) is 4.41. The summed E-state index contributed by atoms with van der Waals surface area (Å²) in [6.07, 6.45) is 5.72. The zero-order valence-electron chi connectivity index (χ0n) is 12.5. The lowest BCUT2D eigenvalue weighted by Crippen LogP contribution is -2.42. The van der Waals surface area contributed by atoms with Crippen molar-refractivity contribution in [2.24, 2.45) is 11.3 Å². The monoisotopic (exact) mass is 278 g/mol. The van der Waals surface area contributed by atoms with Gasteiger partial charge in [0.2, 0.25) is 0 Å². The summed E-state index contributed by atoms with van der Waals surface area (Å²) in [5.74, 6) is -0.0793. The van der Waals surface area contributed by atoms with Gasteiger partial charge in [0.1, 0.15) is 0 Å². The number of hydrogen-bond donors (Lipinski definition) is 0. The highest BCUT2D eigenvalue weighted by Gasteiger charge is 2.33. The molecule has 1 amide bonds. The third-order valence-electron chi connectivity index (χ3n) is 4.16. The second-order valence-electron chi connectivity index (χ2n) is 6.56. The lowest BCUT2D eigenvalue weighted by atomic mass is 9.74. The molecule has 1 aromatic heterocycles. The molecule has 1 fully saturated rings. The fraction of sp³-hybridized carbons (Fsp3) is 0.625. The van der Waals surface area contributed by atoms with Crippen LogP contribution in [-0.2, 0) is 0 Å². The number of hydrogen-bond acceptors (Lipinski definition) is 2. The van der Waals surface area contributed by atoms with Crippen LogP contribution in [0.2, 0.25) is 0 Å². The van der Waals surface area contributed by atoms with Crippen molar-refractivity contribution in [3.63, 3.8) is 0 Å². The molecule has 4 heteroatoms. The fourth-order valence-electron chi connectivity index (χ4n) is 3.16. The van der Waals surface area contributed by atoms with Gasteiger partial charge in [0, 0.05) is 19.3 Å². The van der Waals surface area contributed by atoms with Gasteiger partial charge < -0.3 is 4.90 Å². The quantitative estimate of drug-likeness (QED) is 0.847. The van der Waals surface area contributed by atoms with Crippen LogP contribution < -0.4 is 0 Å². The fourth-order valence-corrected chi connectivity index (χ4v) is 3.16. The zero-order valence-corrected chi connectivity index (χ0v) is 12.5. The largest absolute Gasteiger partial charge is 0.339 e. The summed E-state index contributed by atoms with van der Waals surface area (Å²) < 4.78 is 13.6. The number of nitrogens with zero attached hydrogens (tertiary/aromatic N) is 2. The zero-order chi connectivity index (χ0) is 14.8. The topological polar surface area (TPSA) is 33.2 Å². The molecule has 0 aliphatic carbocycles. The van der Waals surface area contributed by atoms with Crippen molar-refractivity contribution in [1.29, 1.82) is 0 Å². The van der Waals surface area contributed by atoms with Crippen LogP contribution in [0, 0.1) is 17.2 Å². The Bertz CT molecular complexity index is 479. The molecule has 110 valence electrons. The highest BCUT2D eigenvalue weighted by Crippen LogP contribution is 2.37. The molecule has 0 radical (unpaired) electrons. The molecule has 20 heavy (non-hydrogen) atoms. The average Bonchev–Trinajstić information content (AvgIpc) is 2.38. The minimum atomic E-state index is -0.534. The van der Waals surface area contributed by atoms with Gasteiger partial charge in [-0.05, 0) is 36.7 Å². The summed E-state index contributed by atoms with van der Waals surface area (Å²) >= 11 is 0. The Morgan fingerprint density at radius 3 is 2.65 bits per heavy atom. The predicted octanol–water partition coefficient (Wildman–Crippen LogP) is 3.51. The summed E-state index contributed by atoms with van der Waals surface area (Å²) in [5, 5.41) is 0. The van der Waals surface area contributed by atoms with Crippen LogP contribution in [0.25, 0.3) is 0 Å². The summed E-state index contributed by atoms with van der Waals surface area (Å²) in [6.45, 7) is 8.18. The van der Waals surface area contributed by atoms with E-state index in [1.165, 1.54) is 18.7 Å². The van der Waals surface area contributed by atoms with Gasteiger partial charge in [-0.3, -0.25) is 9.78 Å². The molecule has 1 aromatic rings. The van der Waals surface area contributed by atoms with E-state index >= 15 is 0 Å². The Labute approximate surface area is 120 Å². The minimum Gasteiger partial charge on any atom is -0.339 e. The number of aromatic nitrogens is 1. The van der Waals surface area contributed by atoms with Crippen LogP contribution in [0.1, 0.15) is 50.4 Å². The van der Waals surface area contributed by atoms with E-state index in [9.17, 15) is 9.18 Å². The highest BCUT2D eigenvalue weighted by atomic mass is 19.1. The maximum atomic E-state index is 13.6. The maximum Gasteiger partial charge on any atom is 0.256 e. The van der Waals surface area contributed by atoms with Gasteiger partial charge in [-0.15, -0.1) is 0 Å². The van der Waals surface area contributed by atoms with Gasteiger partial charge in [0.25, 0.3) is 5.91 Å². The van der Waals surface area contributed by atoms with Crippen LogP contribution >= 0.6 is 0 Å². The van der Waals surface area contributed by atoms with E-state index in [0.717, 1.165) is 19.0 Å². The molecule has 3 nitrogen and oxygen atoms in total. The van der Waals surface area contributed by atoms with Crippen LogP contribution in [0.5, 0.6) is 0 Å². The third-order valence-corrected chi connectivity index (χ3v) is 4.16. The van der Waals surface area contributed by atoms with Crippen molar-refractivity contribution >= 4 is 5.91 Å². The van der Waals surface area contributed by atoms with Crippen LogP contribution in [0.4, 0.5) is 4.39 Å². The predicted molar refractivity (Wildman–Crippen MR) is 76.9 cm³/mol. The summed E-state index contributed by atoms with van der Waals surface area (Å²) in [7, 11) is 0. The number of carbonyl (C=O) groups excluding carboxylic acids is 1. The second-order valence-corrected chi connectivity index (χ2v) is 6.56. The Morgan fingerprint density at radius 1 is 1.45 bits per heavy atom. The molecule has 1 aliphatic heterocycles. The van der Waals surface area contributed by atoms with Crippen molar-refractivity contribution in [3.8, 4) is 0 Å². The first-order valence-electron chi connectivity index (χ1n) is 7.30. The number of halogens is 1. The van der Waals surface area contributed by atoms with Crippen molar-refractivity contribution in [2.45, 2.75) is 40.0 Å². The average molecular weight is 278 g/mol. The standard InChI is InChI=1S/C16H23FN2O/c1-12(2)10-16(3)5-8-19(9-6-16)15(20)13-4-7-18-11-14(13)17/h4,7,11-12H,5-6,8-10H2,1-3H3. The molecule has 0 saturated carbocycles. The number of likely N-dealkylation sites (tertiary alicyclic amines) is 1. The van der Waals surface area contributed by atoms with Crippen molar-refractivity contribution in [2.75, 3.05) is 13.1 Å². The summed E-state index contributed by atoms with van der Waals surface area (Å²) in [4.78, 5) is 17.8. The van der Waals surface area contributed by atoms with E-state index in [2.05, 4.69) is 25.8 Å². The molecule has 0 bridgehead atoms. The van der Waals surface area contributed by atoms with E-state index < -0.39 is 5.82 Å². The highest BCUT2D eigenvalue weighted by molar-refractivity contribution is 5.94. The van der Waals surface area contributed by atoms with Crippen LogP contribution in [-0.4, -0.2) is 28.9 Å². The van der Waals surface area contributed by atoms with Crippen LogP contribution in [0.3, 0.4) is 0 Å². The van der Waals surface area contributed by atoms with E-state index in [1.54, 1.807) is 4.90 Å². The van der Waals surface area contributed by atoms with Crippen molar-refractivity contribution < 1.29 is 9.18 Å². The van der Waals surface area contributed by atoms with Crippen molar-refractivity contribution in [3.05, 3.63) is 29.8 Å². The first-order valence-corrected chi connectivity index (χ1v) is 7.30. The molecule has 0 N–H and O–H groups in total. The molecule has 0 atom stereocenters. The molecule has 2 rings (SSSR count). The molecule has 1 saturated heterocycles. The molecule has 2 heterocycles. The normalized spacial score (nSPS) is 18.4. The van der Waals surface area contributed by atoms with E-state index in [-0.39, 0.29) is 11.5 Å². The SMILES string of the molecule is CC(C)CC1(C)CCN(C(=O)c2ccncc2F)CC1. The van der Waals surface area contributed by atoms with Gasteiger partial charge >= 0.3 is 0 Å². The minimum absolute atomic E-state index is 0.132. The van der Waals surface area contributed by atoms with E-state index in [4.69, 9.17) is 0 Å². The molecule has 0 spiro atoms. The molecule has 0 unspecified atom stereocenters. The van der Waals surface area contributed by atoms with E-state index in [1.807, 2.05) is 0 Å². The first-order chi connectivity index (χ1) is 9.41. The van der Waals surface area contributed by atoms with Crippen molar-refractivity contribution in [1.82, 2.24) is 9.88 Å². The number of amides is 1. The van der Waals surface area contributed by atoms with Crippen LogP contribution in [0.15, 0.2) is 18.5 Å². The summed E-state index contributed by atoms with van der Waals surface area (Å²) in [6, 6.07) is 1.46. The van der Waals surface area contributed by atoms with Gasteiger partial charge in [-0.1, -0.05) is 20.8 Å². The van der Waals surface area contributed by atoms with Gasteiger partial charge in [0.05, 0.1) is 11.8 Å². The Balaban J connectivity index is 2.01. The summed E-state index contributed by atoms with van der Waals surface area (Å²) in [5.41, 5.74) is 0.439. The molecular formula is C16H23FN2O. The number of carbonyl (C=O) groups is 1. The van der Waals surface area contributed by atoms with Gasteiger partial charge in [0.15, 0.2) is 5.82 Å². The van der Waals surface area contributed by atoms with Gasteiger partial charge in [-0.25, -0.2) is 4.39 Å². The first kappa shape index (κ1) is 14.9. The Morgan fingerprint density at radius 2 is 2.10 bits per heavy atom. The lowest BCUT2D eigenvalue weighted by molar-refractivity contribution is 0.0566. The molecule has 0 aromatic carbocycles. The third kappa shape index (κ3) is 3.35. The number of pyridine rings is 1. The molecular weight excluding hydrogens is 255 g/mol. The van der Waals surface area contributed by atoms with Gasteiger partial charge in [-0.2, -0.15) is 0 Å². The molecule has 1 aliphatic rings. The lowest BCUT2D eigenvalue weighted by Gasteiger charge is -2.40. The number of piperidine rings is 1. The van der Waals surface area contributed by atoms with E-state index in [0.29, 0.717) is 24.4 Å². The number of rotatable bonds is 3.